The second-order valence-electron chi connectivity index (χ2n) is 7.45. The number of quaternary nitrogens is 2. The van der Waals surface area contributed by atoms with Gasteiger partial charge in [-0.25, -0.2) is 0 Å². The maximum Gasteiger partial charge on any atom is 0.241 e. The van der Waals surface area contributed by atoms with E-state index in [1.54, 1.807) is 9.80 Å². The quantitative estimate of drug-likeness (QED) is 0.625. The Hall–Kier alpha value is -1.94. The van der Waals surface area contributed by atoms with Gasteiger partial charge in [0.05, 0.1) is 18.7 Å². The van der Waals surface area contributed by atoms with Gasteiger partial charge in [-0.3, -0.25) is 9.80 Å². The highest BCUT2D eigenvalue weighted by Crippen LogP contribution is 2.20. The molecule has 2 atom stereocenters. The van der Waals surface area contributed by atoms with Crippen LogP contribution in [0.3, 0.4) is 0 Å². The second kappa shape index (κ2) is 8.83. The molecule has 3 aromatic rings. The fourth-order valence-corrected chi connectivity index (χ4v) is 4.88. The van der Waals surface area contributed by atoms with Crippen LogP contribution in [-0.2, 0) is 13.1 Å². The van der Waals surface area contributed by atoms with Gasteiger partial charge in [0.1, 0.15) is 13.1 Å². The van der Waals surface area contributed by atoms with Gasteiger partial charge in [0.15, 0.2) is 0 Å². The molecule has 0 aliphatic carbocycles. The molecule has 2 nitrogen and oxygen atoms in total. The summed E-state index contributed by atoms with van der Waals surface area (Å²) in [4.78, 5) is 3.32. The molecule has 0 spiro atoms. The van der Waals surface area contributed by atoms with Crippen molar-refractivity contribution in [1.29, 1.82) is 0 Å². The third-order valence-electron chi connectivity index (χ3n) is 5.58. The molecule has 2 unspecified atom stereocenters. The van der Waals surface area contributed by atoms with E-state index >= 15 is 0 Å². The van der Waals surface area contributed by atoms with Crippen molar-refractivity contribution in [1.82, 2.24) is 0 Å². The minimum absolute atomic E-state index is 0.440. The first-order valence-corrected chi connectivity index (χ1v) is 10.6. The Balaban J connectivity index is 1.66. The van der Waals surface area contributed by atoms with Crippen LogP contribution >= 0.6 is 15.9 Å². The van der Waals surface area contributed by atoms with Gasteiger partial charge < -0.3 is 0 Å². The predicted octanol–water partition coefficient (Wildman–Crippen LogP) is 3.02. The monoisotopic (exact) mass is 422 g/mol. The van der Waals surface area contributed by atoms with Gasteiger partial charge in [-0.1, -0.05) is 88.7 Å². The molecule has 0 amide bonds. The first-order chi connectivity index (χ1) is 13.3. The van der Waals surface area contributed by atoms with E-state index in [1.165, 1.54) is 40.7 Å². The molecule has 2 N–H and O–H groups in total. The summed E-state index contributed by atoms with van der Waals surface area (Å²) >= 11 is 3.83. The van der Waals surface area contributed by atoms with Crippen molar-refractivity contribution in [3.05, 3.63) is 106 Å². The van der Waals surface area contributed by atoms with Gasteiger partial charge >= 0.3 is 0 Å². The average Bonchev–Trinajstić information content (AvgIpc) is 2.71. The highest BCUT2D eigenvalue weighted by Gasteiger charge is 2.38. The zero-order valence-electron chi connectivity index (χ0n) is 15.6. The van der Waals surface area contributed by atoms with Crippen LogP contribution < -0.4 is 9.80 Å². The molecular weight excluding hydrogens is 396 g/mol. The zero-order chi connectivity index (χ0) is 18.5. The van der Waals surface area contributed by atoms with Gasteiger partial charge in [0.2, 0.25) is 6.17 Å². The third-order valence-corrected chi connectivity index (χ3v) is 6.30. The van der Waals surface area contributed by atoms with E-state index in [0.717, 1.165) is 13.1 Å². The van der Waals surface area contributed by atoms with E-state index in [4.69, 9.17) is 0 Å². The van der Waals surface area contributed by atoms with Crippen LogP contribution in [0.25, 0.3) is 0 Å². The summed E-state index contributed by atoms with van der Waals surface area (Å²) in [7, 11) is 0. The van der Waals surface area contributed by atoms with Gasteiger partial charge in [-0.15, -0.1) is 0 Å². The minimum atomic E-state index is 0.440. The molecule has 27 heavy (non-hydrogen) atoms. The van der Waals surface area contributed by atoms with Crippen LogP contribution in [0.2, 0.25) is 0 Å². The molecule has 3 heteroatoms. The summed E-state index contributed by atoms with van der Waals surface area (Å²) in [6.07, 6.45) is 1.71. The molecule has 0 bridgehead atoms. The zero-order valence-corrected chi connectivity index (χ0v) is 17.2. The molecule has 138 valence electrons. The van der Waals surface area contributed by atoms with E-state index in [2.05, 4.69) is 101 Å². The van der Waals surface area contributed by atoms with E-state index in [-0.39, 0.29) is 0 Å². The van der Waals surface area contributed by atoms with Gasteiger partial charge in [-0.2, -0.15) is 0 Å². The summed E-state index contributed by atoms with van der Waals surface area (Å²) in [5.41, 5.74) is 4.27. The summed E-state index contributed by atoms with van der Waals surface area (Å²) in [5.74, 6) is 0. The summed E-state index contributed by atoms with van der Waals surface area (Å²) in [5, 5.41) is 0. The lowest BCUT2D eigenvalue weighted by Crippen LogP contribution is -3.32. The van der Waals surface area contributed by atoms with Crippen LogP contribution in [0.15, 0.2) is 89.4 Å². The van der Waals surface area contributed by atoms with Crippen molar-refractivity contribution in [2.45, 2.75) is 25.7 Å². The number of nitrogens with one attached hydrogen (secondary N) is 2. The van der Waals surface area contributed by atoms with Crippen molar-refractivity contribution in [2.75, 3.05) is 13.1 Å². The van der Waals surface area contributed by atoms with Gasteiger partial charge in [0, 0.05) is 22.0 Å². The molecule has 1 aliphatic rings. The predicted molar refractivity (Wildman–Crippen MR) is 113 cm³/mol. The van der Waals surface area contributed by atoms with Crippen LogP contribution in [0.4, 0.5) is 0 Å². The second-order valence-corrected chi connectivity index (χ2v) is 8.30. The fraction of sp³-hybridized carbons (Fsp3) is 0.250. The van der Waals surface area contributed by atoms with E-state index < -0.39 is 0 Å². The summed E-state index contributed by atoms with van der Waals surface area (Å²) < 4.78 is 1.23. The Bertz CT molecular complexity index is 801. The lowest BCUT2D eigenvalue weighted by atomic mass is 10.0. The van der Waals surface area contributed by atoms with E-state index in [1.807, 2.05) is 0 Å². The molecule has 1 fully saturated rings. The van der Waals surface area contributed by atoms with Crippen molar-refractivity contribution >= 4 is 15.9 Å². The first-order valence-electron chi connectivity index (χ1n) is 9.83. The molecule has 0 radical (unpaired) electrons. The fourth-order valence-electron chi connectivity index (χ4n) is 4.37. The van der Waals surface area contributed by atoms with E-state index in [0.29, 0.717) is 6.17 Å². The lowest BCUT2D eigenvalue weighted by molar-refractivity contribution is -1.16. The smallest absolute Gasteiger partial charge is 0.241 e. The molecule has 1 saturated heterocycles. The van der Waals surface area contributed by atoms with Crippen molar-refractivity contribution in [2.24, 2.45) is 0 Å². The maximum absolute atomic E-state index is 3.83. The summed E-state index contributed by atoms with van der Waals surface area (Å²) in [6, 6.07) is 30.6. The minimum Gasteiger partial charge on any atom is -0.278 e. The highest BCUT2D eigenvalue weighted by molar-refractivity contribution is 9.10. The van der Waals surface area contributed by atoms with Crippen LogP contribution in [-0.4, -0.2) is 13.1 Å². The third kappa shape index (κ3) is 4.49. The Morgan fingerprint density at radius 2 is 1.15 bits per heavy atom. The van der Waals surface area contributed by atoms with Crippen LogP contribution in [0.1, 0.15) is 29.3 Å². The SMILES string of the molecule is Brc1ccccc1C1[NH+](Cc2ccccc2)CCC[NH+]1Cc1ccccc1. The van der Waals surface area contributed by atoms with Crippen molar-refractivity contribution in [3.8, 4) is 0 Å². The number of halogens is 1. The maximum atomic E-state index is 3.83. The molecule has 1 heterocycles. The largest absolute Gasteiger partial charge is 0.278 e. The topological polar surface area (TPSA) is 8.88 Å². The number of benzene rings is 3. The summed E-state index contributed by atoms with van der Waals surface area (Å²) in [6.45, 7) is 4.59. The van der Waals surface area contributed by atoms with E-state index in [9.17, 15) is 0 Å². The van der Waals surface area contributed by atoms with Crippen molar-refractivity contribution in [3.63, 3.8) is 0 Å². The Kier molecular flexibility index (Phi) is 6.03. The highest BCUT2D eigenvalue weighted by atomic mass is 79.9. The van der Waals surface area contributed by atoms with Crippen LogP contribution in [0.5, 0.6) is 0 Å². The standard InChI is InChI=1S/C24H25BrN2/c25-23-15-8-7-14-22(23)24-26(18-20-10-3-1-4-11-20)16-9-17-27(24)19-21-12-5-2-6-13-21/h1-8,10-15,24H,9,16-19H2/p+2. The number of rotatable bonds is 5. The Morgan fingerprint density at radius 1 is 0.667 bits per heavy atom. The number of hydrogen-bond acceptors (Lipinski definition) is 0. The first kappa shape index (κ1) is 18.4. The average molecular weight is 423 g/mol. The lowest BCUT2D eigenvalue weighted by Gasteiger charge is -2.38. The van der Waals surface area contributed by atoms with Crippen molar-refractivity contribution < 1.29 is 9.80 Å². The molecule has 1 aliphatic heterocycles. The molecule has 3 aromatic carbocycles. The molecule has 4 rings (SSSR count). The molecule has 0 aromatic heterocycles. The van der Waals surface area contributed by atoms with Gasteiger partial charge in [0.25, 0.3) is 0 Å². The Morgan fingerprint density at radius 3 is 1.67 bits per heavy atom. The number of hydrogen-bond donors (Lipinski definition) is 2. The molecule has 0 saturated carbocycles. The normalized spacial score (nSPS) is 22.5. The van der Waals surface area contributed by atoms with Crippen LogP contribution in [0, 0.1) is 0 Å². The Labute approximate surface area is 170 Å². The van der Waals surface area contributed by atoms with Gasteiger partial charge in [-0.05, 0) is 12.1 Å². The molecular formula is C24H27BrN2+2.